The van der Waals surface area contributed by atoms with E-state index in [1.165, 1.54) is 18.2 Å². The van der Waals surface area contributed by atoms with Gasteiger partial charge in [-0.2, -0.15) is 0 Å². The predicted molar refractivity (Wildman–Crippen MR) is 75.0 cm³/mol. The van der Waals surface area contributed by atoms with Gasteiger partial charge in [0.05, 0.1) is 23.6 Å². The van der Waals surface area contributed by atoms with E-state index in [-0.39, 0.29) is 23.6 Å². The molecule has 6 nitrogen and oxygen atoms in total. The highest BCUT2D eigenvalue weighted by molar-refractivity contribution is 9.10. The summed E-state index contributed by atoms with van der Waals surface area (Å²) in [6, 6.07) is 4.11. The summed E-state index contributed by atoms with van der Waals surface area (Å²) in [4.78, 5) is 10.8. The van der Waals surface area contributed by atoms with Crippen LogP contribution in [0.3, 0.4) is 0 Å². The number of ether oxygens (including phenoxy) is 1. The lowest BCUT2D eigenvalue weighted by molar-refractivity contribution is 0.0697. The maximum Gasteiger partial charge on any atom is 0.335 e. The van der Waals surface area contributed by atoms with Crippen molar-refractivity contribution in [2.45, 2.75) is 6.92 Å². The van der Waals surface area contributed by atoms with Gasteiger partial charge in [-0.3, -0.25) is 4.72 Å². The van der Waals surface area contributed by atoms with Gasteiger partial charge in [-0.15, -0.1) is 0 Å². The molecule has 2 N–H and O–H groups in total. The number of carbonyl (C=O) groups is 1. The lowest BCUT2D eigenvalue weighted by Crippen LogP contribution is -2.20. The van der Waals surface area contributed by atoms with Crippen LogP contribution in [0.1, 0.15) is 17.3 Å². The maximum absolute atomic E-state index is 11.7. The second-order valence-electron chi connectivity index (χ2n) is 3.62. The van der Waals surface area contributed by atoms with E-state index in [0.29, 0.717) is 11.1 Å². The van der Waals surface area contributed by atoms with Gasteiger partial charge in [0.15, 0.2) is 0 Å². The fraction of sp³-hybridized carbons (Fsp3) is 0.364. The molecule has 106 valence electrons. The SMILES string of the molecule is CCOCCS(=O)(=O)Nc1cc(C(=O)O)ccc1Br. The van der Waals surface area contributed by atoms with Crippen LogP contribution in [-0.2, 0) is 14.8 Å². The molecule has 0 spiro atoms. The Morgan fingerprint density at radius 2 is 2.16 bits per heavy atom. The minimum Gasteiger partial charge on any atom is -0.478 e. The highest BCUT2D eigenvalue weighted by atomic mass is 79.9. The largest absolute Gasteiger partial charge is 0.478 e. The number of carboxylic acid groups (broad SMARTS) is 1. The Hall–Kier alpha value is -1.12. The molecule has 0 radical (unpaired) electrons. The minimum atomic E-state index is -3.57. The summed E-state index contributed by atoms with van der Waals surface area (Å²) in [5.74, 6) is -1.31. The lowest BCUT2D eigenvalue weighted by Gasteiger charge is -2.10. The van der Waals surface area contributed by atoms with Crippen LogP contribution in [0.4, 0.5) is 5.69 Å². The molecule has 0 aliphatic rings. The number of halogens is 1. The smallest absolute Gasteiger partial charge is 0.335 e. The van der Waals surface area contributed by atoms with Gasteiger partial charge in [0.25, 0.3) is 0 Å². The maximum atomic E-state index is 11.7. The number of sulfonamides is 1. The van der Waals surface area contributed by atoms with E-state index in [9.17, 15) is 13.2 Å². The molecule has 1 aromatic rings. The second-order valence-corrected chi connectivity index (χ2v) is 6.31. The second kappa shape index (κ2) is 6.88. The van der Waals surface area contributed by atoms with Crippen molar-refractivity contribution in [1.29, 1.82) is 0 Å². The summed E-state index contributed by atoms with van der Waals surface area (Å²) in [6.07, 6.45) is 0. The van der Waals surface area contributed by atoms with Gasteiger partial charge in [0.2, 0.25) is 10.0 Å². The third kappa shape index (κ3) is 5.17. The van der Waals surface area contributed by atoms with Crippen molar-refractivity contribution in [3.8, 4) is 0 Å². The first-order valence-electron chi connectivity index (χ1n) is 5.47. The van der Waals surface area contributed by atoms with Crippen LogP contribution in [0.15, 0.2) is 22.7 Å². The van der Waals surface area contributed by atoms with E-state index in [4.69, 9.17) is 9.84 Å². The Morgan fingerprint density at radius 3 is 2.74 bits per heavy atom. The van der Waals surface area contributed by atoms with E-state index in [1.54, 1.807) is 6.92 Å². The Kier molecular flexibility index (Phi) is 5.77. The zero-order chi connectivity index (χ0) is 14.5. The molecule has 0 aliphatic carbocycles. The summed E-state index contributed by atoms with van der Waals surface area (Å²) in [5.41, 5.74) is 0.196. The normalized spacial score (nSPS) is 11.3. The standard InChI is InChI=1S/C11H14BrNO5S/c1-2-18-5-6-19(16,17)13-10-7-8(11(14)15)3-4-9(10)12/h3-4,7,13H,2,5-6H2,1H3,(H,14,15). The molecular weight excluding hydrogens is 338 g/mol. The van der Waals surface area contributed by atoms with Crippen molar-refractivity contribution in [3.05, 3.63) is 28.2 Å². The highest BCUT2D eigenvalue weighted by Gasteiger charge is 2.14. The molecule has 0 amide bonds. The molecule has 0 heterocycles. The Bertz CT molecular complexity index is 558. The first-order valence-corrected chi connectivity index (χ1v) is 7.91. The van der Waals surface area contributed by atoms with E-state index in [0.717, 1.165) is 0 Å². The Morgan fingerprint density at radius 1 is 1.47 bits per heavy atom. The fourth-order valence-corrected chi connectivity index (χ4v) is 2.69. The molecule has 8 heteroatoms. The van der Waals surface area contributed by atoms with Gasteiger partial charge >= 0.3 is 5.97 Å². The topological polar surface area (TPSA) is 92.7 Å². The van der Waals surface area contributed by atoms with Gasteiger partial charge < -0.3 is 9.84 Å². The summed E-state index contributed by atoms with van der Waals surface area (Å²) in [5, 5.41) is 8.86. The van der Waals surface area contributed by atoms with Gasteiger partial charge in [0.1, 0.15) is 0 Å². The van der Waals surface area contributed by atoms with Crippen LogP contribution in [0.5, 0.6) is 0 Å². The van der Waals surface area contributed by atoms with Crippen LogP contribution in [-0.4, -0.2) is 38.5 Å². The number of hydrogen-bond acceptors (Lipinski definition) is 4. The number of rotatable bonds is 7. The van der Waals surface area contributed by atoms with Gasteiger partial charge in [-0.1, -0.05) is 0 Å². The molecular formula is C11H14BrNO5S. The molecule has 1 aromatic carbocycles. The molecule has 0 unspecified atom stereocenters. The molecule has 0 bridgehead atoms. The van der Waals surface area contributed by atoms with Crippen LogP contribution in [0, 0.1) is 0 Å². The molecule has 19 heavy (non-hydrogen) atoms. The molecule has 0 aromatic heterocycles. The van der Waals surface area contributed by atoms with E-state index in [2.05, 4.69) is 20.7 Å². The molecule has 1 rings (SSSR count). The molecule has 0 atom stereocenters. The minimum absolute atomic E-state index is 0.00529. The molecule has 0 saturated carbocycles. The third-order valence-electron chi connectivity index (χ3n) is 2.18. The van der Waals surface area contributed by atoms with Gasteiger partial charge in [0, 0.05) is 11.1 Å². The highest BCUT2D eigenvalue weighted by Crippen LogP contribution is 2.24. The quantitative estimate of drug-likeness (QED) is 0.732. The zero-order valence-corrected chi connectivity index (χ0v) is 12.6. The van der Waals surface area contributed by atoms with Gasteiger partial charge in [-0.25, -0.2) is 13.2 Å². The number of hydrogen-bond donors (Lipinski definition) is 2. The molecule has 0 fully saturated rings. The van der Waals surface area contributed by atoms with Crippen molar-refractivity contribution in [1.82, 2.24) is 0 Å². The van der Waals surface area contributed by atoms with Crippen LogP contribution in [0.2, 0.25) is 0 Å². The summed E-state index contributed by atoms with van der Waals surface area (Å²) in [7, 11) is -3.57. The first-order chi connectivity index (χ1) is 8.85. The first kappa shape index (κ1) is 15.9. The Labute approximate surface area is 120 Å². The summed E-state index contributed by atoms with van der Waals surface area (Å²) >= 11 is 3.16. The zero-order valence-electron chi connectivity index (χ0n) is 10.2. The number of carboxylic acids is 1. The predicted octanol–water partition coefficient (Wildman–Crippen LogP) is 1.93. The van der Waals surface area contributed by atoms with Crippen molar-refractivity contribution < 1.29 is 23.1 Å². The van der Waals surface area contributed by atoms with E-state index >= 15 is 0 Å². The summed E-state index contributed by atoms with van der Waals surface area (Å²) < 4.78 is 31.3. The lowest BCUT2D eigenvalue weighted by atomic mass is 10.2. The number of anilines is 1. The van der Waals surface area contributed by atoms with Gasteiger partial charge in [-0.05, 0) is 41.1 Å². The van der Waals surface area contributed by atoms with Crippen LogP contribution < -0.4 is 4.72 Å². The van der Waals surface area contributed by atoms with Crippen molar-refractivity contribution in [2.75, 3.05) is 23.7 Å². The van der Waals surface area contributed by atoms with E-state index < -0.39 is 16.0 Å². The Balaban J connectivity index is 2.86. The third-order valence-corrected chi connectivity index (χ3v) is 4.11. The summed E-state index contributed by atoms with van der Waals surface area (Å²) in [6.45, 7) is 2.29. The average molecular weight is 352 g/mol. The number of benzene rings is 1. The monoisotopic (exact) mass is 351 g/mol. The van der Waals surface area contributed by atoms with E-state index in [1.807, 2.05) is 0 Å². The fourth-order valence-electron chi connectivity index (χ4n) is 1.27. The van der Waals surface area contributed by atoms with Crippen molar-refractivity contribution in [3.63, 3.8) is 0 Å². The van der Waals surface area contributed by atoms with Crippen molar-refractivity contribution >= 4 is 37.6 Å². The number of aromatic carboxylic acids is 1. The average Bonchev–Trinajstić information content (AvgIpc) is 2.31. The number of nitrogens with one attached hydrogen (secondary N) is 1. The van der Waals surface area contributed by atoms with Crippen LogP contribution in [0.25, 0.3) is 0 Å². The molecule has 0 saturated heterocycles. The molecule has 0 aliphatic heterocycles. The van der Waals surface area contributed by atoms with Crippen LogP contribution >= 0.6 is 15.9 Å². The van der Waals surface area contributed by atoms with Crippen molar-refractivity contribution in [2.24, 2.45) is 0 Å².